The van der Waals surface area contributed by atoms with Gasteiger partial charge in [-0.05, 0) is 25.7 Å². The minimum atomic E-state index is -0.280. The van der Waals surface area contributed by atoms with Crippen LogP contribution in [0.5, 0.6) is 0 Å². The van der Waals surface area contributed by atoms with Gasteiger partial charge < -0.3 is 28.4 Å². The number of esters is 2. The Morgan fingerprint density at radius 2 is 1.06 bits per heavy atom. The quantitative estimate of drug-likeness (QED) is 0.173. The first-order valence-electron chi connectivity index (χ1n) is 11.7. The van der Waals surface area contributed by atoms with Crippen molar-refractivity contribution in [3.05, 3.63) is 0 Å². The largest absolute Gasteiger partial charge is 0.463 e. The number of unbranched alkanes of at least 4 members (excludes halogenated alkanes) is 2. The first-order valence-corrected chi connectivity index (χ1v) is 11.7. The Labute approximate surface area is 188 Å². The van der Waals surface area contributed by atoms with Crippen LogP contribution in [0.15, 0.2) is 0 Å². The van der Waals surface area contributed by atoms with Crippen LogP contribution in [-0.4, -0.2) is 78.0 Å². The Kier molecular flexibility index (Phi) is 22.5. The molecule has 0 saturated carbocycles. The van der Waals surface area contributed by atoms with Gasteiger partial charge in [0.05, 0.1) is 45.6 Å². The highest BCUT2D eigenvalue weighted by Crippen LogP contribution is 2.10. The minimum absolute atomic E-state index is 0.226. The molecule has 8 heteroatoms. The maximum atomic E-state index is 11.9. The van der Waals surface area contributed by atoms with Crippen molar-refractivity contribution >= 4 is 11.9 Å². The van der Waals surface area contributed by atoms with Gasteiger partial charge in [0.25, 0.3) is 0 Å². The van der Waals surface area contributed by atoms with E-state index < -0.39 is 0 Å². The zero-order valence-corrected chi connectivity index (χ0v) is 19.9. The zero-order chi connectivity index (χ0) is 23.0. The lowest BCUT2D eigenvalue weighted by atomic mass is 10.0. The summed E-state index contributed by atoms with van der Waals surface area (Å²) in [5.41, 5.74) is 0. The second-order valence-electron chi connectivity index (χ2n) is 7.34. The molecule has 0 amide bonds. The van der Waals surface area contributed by atoms with E-state index in [1.54, 1.807) is 6.92 Å². The molecule has 31 heavy (non-hydrogen) atoms. The first-order chi connectivity index (χ1) is 15.1. The van der Waals surface area contributed by atoms with Crippen LogP contribution < -0.4 is 0 Å². The highest BCUT2D eigenvalue weighted by molar-refractivity contribution is 5.72. The van der Waals surface area contributed by atoms with E-state index in [1.165, 1.54) is 0 Å². The molecule has 0 aliphatic heterocycles. The normalized spacial score (nSPS) is 12.0. The van der Waals surface area contributed by atoms with E-state index >= 15 is 0 Å². The Balaban J connectivity index is 3.46. The SMILES string of the molecule is CCCCOCCOCCOC(=O)CCCC(C)C(=O)OCCOCCOCCCC. The highest BCUT2D eigenvalue weighted by Gasteiger charge is 2.15. The molecule has 0 rings (SSSR count). The summed E-state index contributed by atoms with van der Waals surface area (Å²) in [7, 11) is 0. The number of ether oxygens (including phenoxy) is 6. The van der Waals surface area contributed by atoms with Crippen molar-refractivity contribution in [2.75, 3.05) is 66.1 Å². The van der Waals surface area contributed by atoms with Crippen LogP contribution in [0.25, 0.3) is 0 Å². The van der Waals surface area contributed by atoms with Gasteiger partial charge in [0.2, 0.25) is 0 Å². The molecule has 0 aromatic carbocycles. The predicted octanol–water partition coefficient (Wildman–Crippen LogP) is 3.55. The van der Waals surface area contributed by atoms with Crippen LogP contribution in [-0.2, 0) is 38.0 Å². The fourth-order valence-corrected chi connectivity index (χ4v) is 2.44. The lowest BCUT2D eigenvalue weighted by Gasteiger charge is -2.12. The smallest absolute Gasteiger partial charge is 0.308 e. The third kappa shape index (κ3) is 21.8. The van der Waals surface area contributed by atoms with Gasteiger partial charge in [-0.2, -0.15) is 0 Å². The standard InChI is InChI=1S/C23H44O8/c1-4-6-11-26-13-15-28-17-19-30-22(24)10-8-9-21(3)23(25)31-20-18-29-16-14-27-12-7-5-2/h21H,4-20H2,1-3H3. The second-order valence-corrected chi connectivity index (χ2v) is 7.34. The molecule has 0 heterocycles. The van der Waals surface area contributed by atoms with Crippen molar-refractivity contribution < 1.29 is 38.0 Å². The third-order valence-corrected chi connectivity index (χ3v) is 4.41. The summed E-state index contributed by atoms with van der Waals surface area (Å²) in [6, 6.07) is 0. The summed E-state index contributed by atoms with van der Waals surface area (Å²) in [5.74, 6) is -0.815. The highest BCUT2D eigenvalue weighted by atomic mass is 16.6. The van der Waals surface area contributed by atoms with Crippen LogP contribution in [0.2, 0.25) is 0 Å². The monoisotopic (exact) mass is 448 g/mol. The van der Waals surface area contributed by atoms with Crippen LogP contribution in [0.3, 0.4) is 0 Å². The summed E-state index contributed by atoms with van der Waals surface area (Å²) in [6.07, 6.45) is 5.76. The third-order valence-electron chi connectivity index (χ3n) is 4.41. The van der Waals surface area contributed by atoms with E-state index in [9.17, 15) is 9.59 Å². The van der Waals surface area contributed by atoms with Crippen molar-refractivity contribution in [3.63, 3.8) is 0 Å². The molecule has 0 saturated heterocycles. The van der Waals surface area contributed by atoms with E-state index in [2.05, 4.69) is 13.8 Å². The molecule has 0 aliphatic rings. The molecule has 0 fully saturated rings. The van der Waals surface area contributed by atoms with E-state index in [0.717, 1.165) is 38.9 Å². The molecule has 0 radical (unpaired) electrons. The van der Waals surface area contributed by atoms with Gasteiger partial charge in [0.1, 0.15) is 13.2 Å². The molecule has 0 spiro atoms. The fourth-order valence-electron chi connectivity index (χ4n) is 2.44. The number of carbonyl (C=O) groups is 2. The van der Waals surface area contributed by atoms with E-state index in [0.29, 0.717) is 52.5 Å². The molecular weight excluding hydrogens is 404 g/mol. The topological polar surface area (TPSA) is 89.5 Å². The van der Waals surface area contributed by atoms with Gasteiger partial charge in [-0.3, -0.25) is 9.59 Å². The average molecular weight is 449 g/mol. The molecule has 0 aromatic heterocycles. The van der Waals surface area contributed by atoms with E-state index in [4.69, 9.17) is 28.4 Å². The first kappa shape index (κ1) is 29.8. The lowest BCUT2D eigenvalue weighted by molar-refractivity contribution is -0.151. The van der Waals surface area contributed by atoms with Crippen molar-refractivity contribution in [2.45, 2.75) is 65.7 Å². The minimum Gasteiger partial charge on any atom is -0.463 e. The average Bonchev–Trinajstić information content (AvgIpc) is 2.76. The summed E-state index contributed by atoms with van der Waals surface area (Å²) in [4.78, 5) is 23.6. The number of rotatable bonds is 23. The molecule has 0 aliphatic carbocycles. The van der Waals surface area contributed by atoms with Gasteiger partial charge in [0, 0.05) is 19.6 Å². The van der Waals surface area contributed by atoms with Crippen molar-refractivity contribution in [3.8, 4) is 0 Å². The number of hydrogen-bond donors (Lipinski definition) is 0. The second kappa shape index (κ2) is 23.4. The van der Waals surface area contributed by atoms with Crippen LogP contribution in [0.1, 0.15) is 65.7 Å². The fraction of sp³-hybridized carbons (Fsp3) is 0.913. The van der Waals surface area contributed by atoms with Crippen LogP contribution in [0, 0.1) is 5.92 Å². The van der Waals surface area contributed by atoms with Crippen LogP contribution >= 0.6 is 0 Å². The van der Waals surface area contributed by atoms with Gasteiger partial charge in [-0.15, -0.1) is 0 Å². The van der Waals surface area contributed by atoms with Gasteiger partial charge >= 0.3 is 11.9 Å². The summed E-state index contributed by atoms with van der Waals surface area (Å²) in [6.45, 7) is 10.8. The molecule has 1 unspecified atom stereocenters. The maximum absolute atomic E-state index is 11.9. The van der Waals surface area contributed by atoms with Gasteiger partial charge in [-0.25, -0.2) is 0 Å². The number of hydrogen-bond acceptors (Lipinski definition) is 8. The molecule has 184 valence electrons. The number of carbonyl (C=O) groups excluding carboxylic acids is 2. The Bertz CT molecular complexity index is 416. The van der Waals surface area contributed by atoms with Gasteiger partial charge in [0.15, 0.2) is 0 Å². The van der Waals surface area contributed by atoms with Gasteiger partial charge in [-0.1, -0.05) is 33.6 Å². The maximum Gasteiger partial charge on any atom is 0.308 e. The Morgan fingerprint density at radius 1 is 0.613 bits per heavy atom. The Hall–Kier alpha value is -1.22. The molecular formula is C23H44O8. The molecule has 8 nitrogen and oxygen atoms in total. The molecule has 1 atom stereocenters. The Morgan fingerprint density at radius 3 is 1.58 bits per heavy atom. The van der Waals surface area contributed by atoms with Crippen molar-refractivity contribution in [1.29, 1.82) is 0 Å². The molecule has 0 bridgehead atoms. The van der Waals surface area contributed by atoms with E-state index in [-0.39, 0.29) is 37.5 Å². The van der Waals surface area contributed by atoms with E-state index in [1.807, 2.05) is 0 Å². The summed E-state index contributed by atoms with van der Waals surface area (Å²) < 4.78 is 31.8. The predicted molar refractivity (Wildman–Crippen MR) is 118 cm³/mol. The van der Waals surface area contributed by atoms with Crippen molar-refractivity contribution in [2.24, 2.45) is 5.92 Å². The molecule has 0 aromatic rings. The zero-order valence-electron chi connectivity index (χ0n) is 19.9. The summed E-state index contributed by atoms with van der Waals surface area (Å²) in [5, 5.41) is 0. The van der Waals surface area contributed by atoms with Crippen LogP contribution in [0.4, 0.5) is 0 Å². The lowest BCUT2D eigenvalue weighted by Crippen LogP contribution is -2.19. The van der Waals surface area contributed by atoms with Crippen molar-refractivity contribution in [1.82, 2.24) is 0 Å². The molecule has 0 N–H and O–H groups in total. The summed E-state index contributed by atoms with van der Waals surface area (Å²) >= 11 is 0.